The van der Waals surface area contributed by atoms with Crippen molar-refractivity contribution in [2.45, 2.75) is 63.1 Å². The average molecular weight is 631 g/mol. The van der Waals surface area contributed by atoms with Crippen LogP contribution in [0.1, 0.15) is 36.3 Å². The van der Waals surface area contributed by atoms with E-state index in [1.54, 1.807) is 0 Å². The predicted molar refractivity (Wildman–Crippen MR) is 136 cm³/mol. The van der Waals surface area contributed by atoms with E-state index in [1.807, 2.05) is 0 Å². The lowest BCUT2D eigenvalue weighted by Crippen LogP contribution is -2.63. The van der Waals surface area contributed by atoms with Crippen LogP contribution in [0.5, 0.6) is 5.75 Å². The van der Waals surface area contributed by atoms with Gasteiger partial charge in [0, 0.05) is 31.2 Å². The van der Waals surface area contributed by atoms with E-state index >= 15 is 0 Å². The number of pyridine rings is 1. The molecule has 1 aromatic carbocycles. The number of rotatable bonds is 5. The van der Waals surface area contributed by atoms with Gasteiger partial charge in [0.2, 0.25) is 17.8 Å². The quantitative estimate of drug-likeness (QED) is 0.137. The van der Waals surface area contributed by atoms with Crippen molar-refractivity contribution < 1.29 is 60.8 Å². The molecule has 0 bridgehead atoms. The van der Waals surface area contributed by atoms with Gasteiger partial charge in [-0.25, -0.2) is 26.9 Å². The SMILES string of the molecule is C[C@H]1NC(=O)C(C2CCO2)OC(=O)[C@H](C)[C@H](O)[C@H](Cc2c(F)c(F)c(F)c(F)c2F)NC(=O)[C@H]1NC(=O)c1ncccc1O. The molecule has 1 aromatic heterocycles. The highest BCUT2D eigenvalue weighted by molar-refractivity contribution is 5.98. The summed E-state index contributed by atoms with van der Waals surface area (Å²) in [6.07, 6.45) is -4.34. The van der Waals surface area contributed by atoms with Gasteiger partial charge in [-0.2, -0.15) is 0 Å². The normalized spacial score (nSPS) is 28.0. The second-order valence-electron chi connectivity index (χ2n) is 10.3. The second-order valence-corrected chi connectivity index (χ2v) is 10.3. The predicted octanol–water partition coefficient (Wildman–Crippen LogP) is 0.525. The molecular weight excluding hydrogens is 603 g/mol. The molecule has 238 valence electrons. The first-order valence-corrected chi connectivity index (χ1v) is 13.3. The van der Waals surface area contributed by atoms with Crippen LogP contribution in [0.2, 0.25) is 0 Å². The van der Waals surface area contributed by atoms with E-state index in [0.717, 1.165) is 19.2 Å². The highest BCUT2D eigenvalue weighted by Crippen LogP contribution is 2.27. The summed E-state index contributed by atoms with van der Waals surface area (Å²) < 4.78 is 81.4. The van der Waals surface area contributed by atoms with Gasteiger partial charge >= 0.3 is 5.97 Å². The van der Waals surface area contributed by atoms with Crippen molar-refractivity contribution in [2.75, 3.05) is 6.61 Å². The lowest BCUT2D eigenvalue weighted by Gasteiger charge is -2.37. The number of carbonyl (C=O) groups is 4. The van der Waals surface area contributed by atoms with Crippen LogP contribution in [0.25, 0.3) is 0 Å². The van der Waals surface area contributed by atoms with Gasteiger partial charge in [-0.15, -0.1) is 0 Å². The Balaban J connectivity index is 1.75. The summed E-state index contributed by atoms with van der Waals surface area (Å²) in [7, 11) is 0. The van der Waals surface area contributed by atoms with Crippen LogP contribution in [0.4, 0.5) is 22.0 Å². The number of nitrogens with one attached hydrogen (secondary N) is 3. The maximum absolute atomic E-state index is 14.6. The van der Waals surface area contributed by atoms with Crippen LogP contribution in [0, 0.1) is 35.0 Å². The van der Waals surface area contributed by atoms with Crippen molar-refractivity contribution in [3.8, 4) is 5.75 Å². The van der Waals surface area contributed by atoms with E-state index in [4.69, 9.17) is 9.47 Å². The molecule has 17 heteroatoms. The van der Waals surface area contributed by atoms with Gasteiger partial charge in [0.1, 0.15) is 17.9 Å². The van der Waals surface area contributed by atoms with Gasteiger partial charge in [-0.3, -0.25) is 19.2 Å². The van der Waals surface area contributed by atoms with Gasteiger partial charge in [0.05, 0.1) is 24.1 Å². The molecule has 3 amide bonds. The number of esters is 1. The van der Waals surface area contributed by atoms with E-state index in [0.29, 0.717) is 6.42 Å². The first-order valence-electron chi connectivity index (χ1n) is 13.3. The van der Waals surface area contributed by atoms with Crippen molar-refractivity contribution in [3.05, 3.63) is 58.7 Å². The first-order chi connectivity index (χ1) is 20.7. The number of hydrogen-bond acceptors (Lipinski definition) is 9. The fourth-order valence-electron chi connectivity index (χ4n) is 4.68. The highest BCUT2D eigenvalue weighted by Gasteiger charge is 2.43. The van der Waals surface area contributed by atoms with Gasteiger partial charge in [0.25, 0.3) is 11.8 Å². The Hall–Kier alpha value is -4.38. The minimum absolute atomic E-state index is 0.235. The Bertz CT molecular complexity index is 1450. The van der Waals surface area contributed by atoms with E-state index in [9.17, 15) is 51.3 Å². The zero-order chi connectivity index (χ0) is 32.5. The van der Waals surface area contributed by atoms with Gasteiger partial charge in [-0.05, 0) is 26.0 Å². The monoisotopic (exact) mass is 630 g/mol. The van der Waals surface area contributed by atoms with Gasteiger partial charge < -0.3 is 35.6 Å². The number of hydrogen-bond donors (Lipinski definition) is 5. The minimum atomic E-state index is -2.43. The van der Waals surface area contributed by atoms with Gasteiger partial charge in [-0.1, -0.05) is 0 Å². The topological polar surface area (TPSA) is 176 Å². The Morgan fingerprint density at radius 3 is 2.20 bits per heavy atom. The Morgan fingerprint density at radius 1 is 1.02 bits per heavy atom. The number of aromatic nitrogens is 1. The third-order valence-corrected chi connectivity index (χ3v) is 7.36. The molecule has 7 atom stereocenters. The maximum Gasteiger partial charge on any atom is 0.312 e. The van der Waals surface area contributed by atoms with Crippen LogP contribution >= 0.6 is 0 Å². The fourth-order valence-corrected chi connectivity index (χ4v) is 4.68. The third kappa shape index (κ3) is 6.42. The molecule has 2 unspecified atom stereocenters. The number of nitrogens with zero attached hydrogens (tertiary/aromatic N) is 1. The maximum atomic E-state index is 14.6. The molecule has 2 fully saturated rings. The Morgan fingerprint density at radius 2 is 1.64 bits per heavy atom. The number of aliphatic hydroxyl groups is 1. The zero-order valence-electron chi connectivity index (χ0n) is 23.1. The number of carbonyl (C=O) groups excluding carboxylic acids is 4. The first kappa shape index (κ1) is 32.5. The van der Waals surface area contributed by atoms with Crippen LogP contribution in [0.3, 0.4) is 0 Å². The number of benzene rings is 1. The highest BCUT2D eigenvalue weighted by atomic mass is 19.2. The number of aromatic hydroxyl groups is 1. The van der Waals surface area contributed by atoms with Crippen molar-refractivity contribution in [2.24, 2.45) is 5.92 Å². The summed E-state index contributed by atoms with van der Waals surface area (Å²) in [6.45, 7) is 2.57. The van der Waals surface area contributed by atoms with Crippen LogP contribution in [-0.4, -0.2) is 81.9 Å². The van der Waals surface area contributed by atoms with Crippen LogP contribution < -0.4 is 16.0 Å². The molecule has 12 nitrogen and oxygen atoms in total. The molecule has 4 rings (SSSR count). The molecule has 0 radical (unpaired) electrons. The molecule has 2 aliphatic heterocycles. The molecule has 44 heavy (non-hydrogen) atoms. The fraction of sp³-hybridized carbons (Fsp3) is 0.444. The summed E-state index contributed by atoms with van der Waals surface area (Å²) in [4.78, 5) is 56.3. The van der Waals surface area contributed by atoms with Crippen LogP contribution in [-0.2, 0) is 30.3 Å². The molecule has 0 saturated carbocycles. The molecule has 3 heterocycles. The minimum Gasteiger partial charge on any atom is -0.505 e. The third-order valence-electron chi connectivity index (χ3n) is 7.36. The molecular formula is C27H27F5N4O8. The number of ether oxygens (including phenoxy) is 2. The lowest BCUT2D eigenvalue weighted by atomic mass is 9.91. The number of halogens is 5. The van der Waals surface area contributed by atoms with Crippen LogP contribution in [0.15, 0.2) is 18.3 Å². The molecule has 5 N–H and O–H groups in total. The van der Waals surface area contributed by atoms with Crippen molar-refractivity contribution >= 4 is 23.7 Å². The standard InChI is InChI=1S/C27H27F5N4O8/c1-9-22(38)12(8-11-15(28)17(30)19(32)18(31)16(11)29)35-24(39)20(36-25(40)21-13(37)4-3-6-33-21)10(2)34-26(41)23(44-27(9)42)14-5-7-43-14/h3-4,6,9-10,12,14,20,22-23,37-38H,5,7-8H2,1-2H3,(H,34,41)(H,35,39)(H,36,40)/t9-,10-,12+,14?,20+,22+,23?/m1/s1. The number of cyclic esters (lactones) is 1. The zero-order valence-corrected chi connectivity index (χ0v) is 23.1. The van der Waals surface area contributed by atoms with Crippen molar-refractivity contribution in [1.29, 1.82) is 0 Å². The van der Waals surface area contributed by atoms with E-state index in [-0.39, 0.29) is 6.61 Å². The Kier molecular flexibility index (Phi) is 9.68. The summed E-state index contributed by atoms with van der Waals surface area (Å²) >= 11 is 0. The second kappa shape index (κ2) is 13.1. The molecule has 2 aromatic rings. The number of aliphatic hydroxyl groups excluding tert-OH is 1. The molecule has 2 aliphatic rings. The molecule has 2 saturated heterocycles. The van der Waals surface area contributed by atoms with E-state index in [2.05, 4.69) is 20.9 Å². The van der Waals surface area contributed by atoms with Crippen molar-refractivity contribution in [3.63, 3.8) is 0 Å². The largest absolute Gasteiger partial charge is 0.505 e. The summed E-state index contributed by atoms with van der Waals surface area (Å²) in [5.41, 5.74) is -1.93. The molecule has 0 spiro atoms. The van der Waals surface area contributed by atoms with Crippen molar-refractivity contribution in [1.82, 2.24) is 20.9 Å². The number of amides is 3. The van der Waals surface area contributed by atoms with E-state index < -0.39 is 119 Å². The summed E-state index contributed by atoms with van der Waals surface area (Å²) in [5, 5.41) is 28.0. The summed E-state index contributed by atoms with van der Waals surface area (Å²) in [5.74, 6) is -18.1. The van der Waals surface area contributed by atoms with Gasteiger partial charge in [0.15, 0.2) is 29.0 Å². The molecule has 0 aliphatic carbocycles. The average Bonchev–Trinajstić information content (AvgIpc) is 2.96. The lowest BCUT2D eigenvalue weighted by molar-refractivity contribution is -0.184. The smallest absolute Gasteiger partial charge is 0.312 e. The summed E-state index contributed by atoms with van der Waals surface area (Å²) in [6, 6.07) is -2.56. The Labute approximate surface area is 245 Å². The van der Waals surface area contributed by atoms with E-state index in [1.165, 1.54) is 13.0 Å².